The van der Waals surface area contributed by atoms with E-state index in [0.717, 1.165) is 12.5 Å². The number of methoxy groups -OCH3 is 1. The van der Waals surface area contributed by atoms with Gasteiger partial charge in [-0.15, -0.1) is 12.4 Å². The van der Waals surface area contributed by atoms with Crippen LogP contribution in [0.5, 0.6) is 0 Å². The van der Waals surface area contributed by atoms with Gasteiger partial charge in [0.25, 0.3) is 0 Å². The standard InChI is InChI=1S/C11H24N2O.ClH/c1-10(9-14-3)13(2)8-11-5-4-6-12-7-11;/h10-12H,4-9H2,1-3H3;1H. The zero-order valence-electron chi connectivity index (χ0n) is 10.2. The molecule has 0 aromatic rings. The summed E-state index contributed by atoms with van der Waals surface area (Å²) in [6.45, 7) is 6.63. The number of likely N-dealkylation sites (N-methyl/N-ethyl adjacent to an activating group) is 1. The first kappa shape index (κ1) is 15.2. The van der Waals surface area contributed by atoms with Gasteiger partial charge in [-0.2, -0.15) is 0 Å². The van der Waals surface area contributed by atoms with Gasteiger partial charge in [-0.1, -0.05) is 0 Å². The second-order valence-corrected chi connectivity index (χ2v) is 4.46. The molecule has 1 rings (SSSR count). The zero-order chi connectivity index (χ0) is 10.4. The van der Waals surface area contributed by atoms with Crippen LogP contribution in [0.2, 0.25) is 0 Å². The van der Waals surface area contributed by atoms with Crippen LogP contribution in [0.1, 0.15) is 19.8 Å². The van der Waals surface area contributed by atoms with E-state index in [2.05, 4.69) is 24.2 Å². The van der Waals surface area contributed by atoms with Gasteiger partial charge in [-0.05, 0) is 45.8 Å². The van der Waals surface area contributed by atoms with Gasteiger partial charge in [0.05, 0.1) is 6.61 Å². The third-order valence-corrected chi connectivity index (χ3v) is 3.11. The van der Waals surface area contributed by atoms with Gasteiger partial charge in [-0.3, -0.25) is 0 Å². The Labute approximate surface area is 100.0 Å². The Balaban J connectivity index is 0.00000196. The van der Waals surface area contributed by atoms with Crippen LogP contribution in [0.25, 0.3) is 0 Å². The minimum absolute atomic E-state index is 0. The molecule has 1 heterocycles. The second-order valence-electron chi connectivity index (χ2n) is 4.46. The van der Waals surface area contributed by atoms with E-state index in [-0.39, 0.29) is 12.4 Å². The summed E-state index contributed by atoms with van der Waals surface area (Å²) in [5.41, 5.74) is 0. The molecule has 1 fully saturated rings. The first-order valence-electron chi connectivity index (χ1n) is 5.64. The molecule has 0 aliphatic carbocycles. The summed E-state index contributed by atoms with van der Waals surface area (Å²) in [4.78, 5) is 2.40. The van der Waals surface area contributed by atoms with Crippen LogP contribution in [0.3, 0.4) is 0 Å². The average Bonchev–Trinajstić information content (AvgIpc) is 2.19. The highest BCUT2D eigenvalue weighted by Crippen LogP contribution is 2.12. The van der Waals surface area contributed by atoms with Crippen LogP contribution in [0, 0.1) is 5.92 Å². The van der Waals surface area contributed by atoms with Gasteiger partial charge in [0.2, 0.25) is 0 Å². The summed E-state index contributed by atoms with van der Waals surface area (Å²) < 4.78 is 5.16. The molecule has 0 bridgehead atoms. The number of nitrogens with zero attached hydrogens (tertiary/aromatic N) is 1. The van der Waals surface area contributed by atoms with Crippen molar-refractivity contribution in [3.8, 4) is 0 Å². The fourth-order valence-electron chi connectivity index (χ4n) is 2.04. The summed E-state index contributed by atoms with van der Waals surface area (Å²) in [5.74, 6) is 0.827. The van der Waals surface area contributed by atoms with E-state index in [9.17, 15) is 0 Å². The van der Waals surface area contributed by atoms with Crippen molar-refractivity contribution in [2.45, 2.75) is 25.8 Å². The molecule has 2 unspecified atom stereocenters. The predicted octanol–water partition coefficient (Wildman–Crippen LogP) is 1.37. The largest absolute Gasteiger partial charge is 0.383 e. The summed E-state index contributed by atoms with van der Waals surface area (Å²) in [5, 5.41) is 3.45. The van der Waals surface area contributed by atoms with E-state index >= 15 is 0 Å². The Morgan fingerprint density at radius 3 is 2.80 bits per heavy atom. The number of nitrogens with one attached hydrogen (secondary N) is 1. The third-order valence-electron chi connectivity index (χ3n) is 3.11. The van der Waals surface area contributed by atoms with Gasteiger partial charge in [0.1, 0.15) is 0 Å². The van der Waals surface area contributed by atoms with Crippen LogP contribution in [-0.4, -0.2) is 51.3 Å². The highest BCUT2D eigenvalue weighted by atomic mass is 35.5. The third kappa shape index (κ3) is 5.71. The molecule has 0 amide bonds. The van der Waals surface area contributed by atoms with Crippen LogP contribution < -0.4 is 5.32 Å². The van der Waals surface area contributed by atoms with Gasteiger partial charge in [-0.25, -0.2) is 0 Å². The summed E-state index contributed by atoms with van der Waals surface area (Å²) in [6, 6.07) is 0.530. The lowest BCUT2D eigenvalue weighted by atomic mass is 9.99. The van der Waals surface area contributed by atoms with Crippen molar-refractivity contribution in [2.75, 3.05) is 40.4 Å². The van der Waals surface area contributed by atoms with Crippen molar-refractivity contribution in [3.63, 3.8) is 0 Å². The van der Waals surface area contributed by atoms with Crippen molar-refractivity contribution in [1.82, 2.24) is 10.2 Å². The lowest BCUT2D eigenvalue weighted by Gasteiger charge is -2.31. The average molecular weight is 237 g/mol. The number of hydrogen-bond acceptors (Lipinski definition) is 3. The first-order valence-corrected chi connectivity index (χ1v) is 5.64. The van der Waals surface area contributed by atoms with E-state index in [0.29, 0.717) is 6.04 Å². The Morgan fingerprint density at radius 1 is 1.53 bits per heavy atom. The number of hydrogen-bond donors (Lipinski definition) is 1. The normalized spacial score (nSPS) is 23.6. The lowest BCUT2D eigenvalue weighted by Crippen LogP contribution is -2.41. The quantitative estimate of drug-likeness (QED) is 0.781. The molecule has 0 radical (unpaired) electrons. The van der Waals surface area contributed by atoms with E-state index < -0.39 is 0 Å². The number of ether oxygens (including phenoxy) is 1. The van der Waals surface area contributed by atoms with Gasteiger partial charge >= 0.3 is 0 Å². The van der Waals surface area contributed by atoms with Gasteiger partial charge in [0.15, 0.2) is 0 Å². The molecule has 1 aliphatic heterocycles. The maximum atomic E-state index is 5.16. The highest BCUT2D eigenvalue weighted by Gasteiger charge is 2.17. The van der Waals surface area contributed by atoms with Gasteiger partial charge < -0.3 is 15.0 Å². The maximum absolute atomic E-state index is 5.16. The molecule has 0 spiro atoms. The molecule has 0 saturated carbocycles. The summed E-state index contributed by atoms with van der Waals surface area (Å²) in [6.07, 6.45) is 2.70. The van der Waals surface area contributed by atoms with Crippen molar-refractivity contribution in [2.24, 2.45) is 5.92 Å². The second kappa shape index (κ2) is 8.34. The van der Waals surface area contributed by atoms with E-state index in [1.807, 2.05) is 0 Å². The molecule has 1 N–H and O–H groups in total. The van der Waals surface area contributed by atoms with Crippen LogP contribution in [0.4, 0.5) is 0 Å². The molecular weight excluding hydrogens is 212 g/mol. The Kier molecular flexibility index (Phi) is 8.43. The Bertz CT molecular complexity index is 152. The lowest BCUT2D eigenvalue weighted by molar-refractivity contribution is 0.102. The zero-order valence-corrected chi connectivity index (χ0v) is 11.0. The number of piperidine rings is 1. The summed E-state index contributed by atoms with van der Waals surface area (Å²) in [7, 11) is 3.96. The molecule has 15 heavy (non-hydrogen) atoms. The number of halogens is 1. The fraction of sp³-hybridized carbons (Fsp3) is 1.00. The van der Waals surface area contributed by atoms with Crippen molar-refractivity contribution >= 4 is 12.4 Å². The predicted molar refractivity (Wildman–Crippen MR) is 66.8 cm³/mol. The van der Waals surface area contributed by atoms with E-state index in [1.165, 1.54) is 32.5 Å². The smallest absolute Gasteiger partial charge is 0.0615 e. The summed E-state index contributed by atoms with van der Waals surface area (Å²) >= 11 is 0. The van der Waals surface area contributed by atoms with Crippen LogP contribution in [0.15, 0.2) is 0 Å². The van der Waals surface area contributed by atoms with Crippen molar-refractivity contribution in [3.05, 3.63) is 0 Å². The number of rotatable bonds is 5. The topological polar surface area (TPSA) is 24.5 Å². The molecule has 2 atom stereocenters. The molecule has 92 valence electrons. The molecule has 1 saturated heterocycles. The fourth-order valence-corrected chi connectivity index (χ4v) is 2.04. The van der Waals surface area contributed by atoms with Crippen LogP contribution >= 0.6 is 12.4 Å². The van der Waals surface area contributed by atoms with Crippen molar-refractivity contribution < 1.29 is 4.74 Å². The van der Waals surface area contributed by atoms with E-state index in [1.54, 1.807) is 7.11 Å². The minimum atomic E-state index is 0. The monoisotopic (exact) mass is 236 g/mol. The molecule has 0 aromatic carbocycles. The van der Waals surface area contributed by atoms with E-state index in [4.69, 9.17) is 4.74 Å². The molecular formula is C11H25ClN2O. The Hall–Kier alpha value is 0.170. The van der Waals surface area contributed by atoms with Crippen LogP contribution in [-0.2, 0) is 4.74 Å². The highest BCUT2D eigenvalue weighted by molar-refractivity contribution is 5.85. The van der Waals surface area contributed by atoms with Gasteiger partial charge in [0, 0.05) is 19.7 Å². The molecule has 0 aromatic heterocycles. The Morgan fingerprint density at radius 2 is 2.27 bits per heavy atom. The first-order chi connectivity index (χ1) is 6.74. The molecule has 1 aliphatic rings. The molecule has 4 heteroatoms. The maximum Gasteiger partial charge on any atom is 0.0615 e. The van der Waals surface area contributed by atoms with Crippen molar-refractivity contribution in [1.29, 1.82) is 0 Å². The SMILES string of the molecule is COCC(C)N(C)CC1CCCNC1.Cl. The minimum Gasteiger partial charge on any atom is -0.383 e. The molecule has 3 nitrogen and oxygen atoms in total.